The molecule has 0 bridgehead atoms. The Labute approximate surface area is 200 Å². The van der Waals surface area contributed by atoms with E-state index in [1.54, 1.807) is 6.07 Å². The van der Waals surface area contributed by atoms with Crippen LogP contribution in [0.4, 0.5) is 5.69 Å². The molecule has 2 aliphatic rings. The number of hydrogen-bond donors (Lipinski definition) is 2. The number of esters is 1. The molecule has 182 valence electrons. The van der Waals surface area contributed by atoms with Crippen molar-refractivity contribution in [2.24, 2.45) is 0 Å². The van der Waals surface area contributed by atoms with Crippen molar-refractivity contribution in [1.29, 1.82) is 0 Å². The highest BCUT2D eigenvalue weighted by atomic mass is 16.7. The molecule has 2 aromatic rings. The smallest absolute Gasteiger partial charge is 0.468 e. The van der Waals surface area contributed by atoms with Crippen molar-refractivity contribution in [2.45, 2.75) is 71.2 Å². The van der Waals surface area contributed by atoms with Crippen molar-refractivity contribution in [3.05, 3.63) is 41.2 Å². The van der Waals surface area contributed by atoms with Crippen LogP contribution in [-0.2, 0) is 25.4 Å². The Morgan fingerprint density at radius 3 is 2.62 bits per heavy atom. The van der Waals surface area contributed by atoms with Gasteiger partial charge in [0.25, 0.3) is 5.91 Å². The van der Waals surface area contributed by atoms with Crippen LogP contribution in [0.5, 0.6) is 0 Å². The maximum Gasteiger partial charge on any atom is 0.495 e. The Kier molecular flexibility index (Phi) is 6.59. The lowest BCUT2D eigenvalue weighted by Crippen LogP contribution is -2.41. The van der Waals surface area contributed by atoms with Gasteiger partial charge in [0.2, 0.25) is 0 Å². The number of nitrogens with zero attached hydrogens (tertiary/aromatic N) is 2. The standard InChI is InChI=1S/C24H33BN4O5/c1-15-16(25-33-23(2,3)24(4,5)34-25)9-7-10-17(15)27-22(31)19-13-20-18(26-14-21(30)32-6)11-8-12-29(20)28-19/h7,9-10,13,18,26H,8,11-12,14H2,1-6H3,(H,27,31)/t18-/m1/s1. The summed E-state index contributed by atoms with van der Waals surface area (Å²) >= 11 is 0. The van der Waals surface area contributed by atoms with E-state index in [1.165, 1.54) is 7.11 Å². The van der Waals surface area contributed by atoms with Crippen LogP contribution in [-0.4, -0.2) is 53.6 Å². The number of carbonyl (C=O) groups is 2. The molecule has 1 saturated heterocycles. The molecule has 0 radical (unpaired) electrons. The van der Waals surface area contributed by atoms with Crippen LogP contribution in [0.2, 0.25) is 0 Å². The summed E-state index contributed by atoms with van der Waals surface area (Å²) in [6.07, 6.45) is 1.77. The van der Waals surface area contributed by atoms with E-state index < -0.39 is 18.3 Å². The van der Waals surface area contributed by atoms with E-state index in [0.29, 0.717) is 11.4 Å². The van der Waals surface area contributed by atoms with Crippen molar-refractivity contribution < 1.29 is 23.6 Å². The van der Waals surface area contributed by atoms with Crippen molar-refractivity contribution in [3.63, 3.8) is 0 Å². The average Bonchev–Trinajstić information content (AvgIpc) is 3.31. The lowest BCUT2D eigenvalue weighted by Gasteiger charge is -2.32. The fourth-order valence-electron chi connectivity index (χ4n) is 4.28. The molecule has 0 saturated carbocycles. The van der Waals surface area contributed by atoms with Crippen molar-refractivity contribution in [3.8, 4) is 0 Å². The molecule has 10 heteroatoms. The number of carbonyl (C=O) groups excluding carboxylic acids is 2. The van der Waals surface area contributed by atoms with Gasteiger partial charge in [0.05, 0.1) is 30.6 Å². The van der Waals surface area contributed by atoms with Gasteiger partial charge in [-0.15, -0.1) is 0 Å². The van der Waals surface area contributed by atoms with Crippen LogP contribution >= 0.6 is 0 Å². The number of hydrogen-bond acceptors (Lipinski definition) is 7. The van der Waals surface area contributed by atoms with E-state index in [-0.39, 0.29) is 24.5 Å². The summed E-state index contributed by atoms with van der Waals surface area (Å²) in [6, 6.07) is 7.43. The summed E-state index contributed by atoms with van der Waals surface area (Å²) in [5.74, 6) is -0.616. The van der Waals surface area contributed by atoms with E-state index in [2.05, 4.69) is 15.7 Å². The van der Waals surface area contributed by atoms with Gasteiger partial charge in [0.1, 0.15) is 0 Å². The van der Waals surface area contributed by atoms with Crippen molar-refractivity contribution in [2.75, 3.05) is 19.0 Å². The van der Waals surface area contributed by atoms with E-state index in [0.717, 1.165) is 36.1 Å². The molecule has 0 unspecified atom stereocenters. The van der Waals surface area contributed by atoms with Crippen molar-refractivity contribution in [1.82, 2.24) is 15.1 Å². The van der Waals surface area contributed by atoms with Gasteiger partial charge in [-0.3, -0.25) is 19.6 Å². The van der Waals surface area contributed by atoms with Crippen LogP contribution < -0.4 is 16.1 Å². The average molecular weight is 468 g/mol. The first kappa shape index (κ1) is 24.4. The van der Waals surface area contributed by atoms with Gasteiger partial charge < -0.3 is 19.4 Å². The molecule has 3 heterocycles. The zero-order valence-electron chi connectivity index (χ0n) is 20.7. The molecule has 2 N–H and O–H groups in total. The predicted octanol–water partition coefficient (Wildman–Crippen LogP) is 2.34. The minimum Gasteiger partial charge on any atom is -0.468 e. The first-order chi connectivity index (χ1) is 16.0. The number of anilines is 1. The Balaban J connectivity index is 1.51. The summed E-state index contributed by atoms with van der Waals surface area (Å²) in [5.41, 5.74) is 2.78. The Morgan fingerprint density at radius 1 is 1.24 bits per heavy atom. The lowest BCUT2D eigenvalue weighted by atomic mass is 9.76. The highest BCUT2D eigenvalue weighted by molar-refractivity contribution is 6.62. The number of fused-ring (bicyclic) bond motifs is 1. The molecule has 1 atom stereocenters. The zero-order chi connectivity index (χ0) is 24.7. The monoisotopic (exact) mass is 468 g/mol. The molecule has 1 fully saturated rings. The number of nitrogens with one attached hydrogen (secondary N) is 2. The van der Waals surface area contributed by atoms with Gasteiger partial charge in [-0.05, 0) is 70.6 Å². The maximum atomic E-state index is 13.1. The van der Waals surface area contributed by atoms with Crippen LogP contribution in [0.25, 0.3) is 0 Å². The summed E-state index contributed by atoms with van der Waals surface area (Å²) in [6.45, 7) is 10.8. The maximum absolute atomic E-state index is 13.1. The first-order valence-corrected chi connectivity index (χ1v) is 11.7. The molecule has 1 aromatic heterocycles. The zero-order valence-corrected chi connectivity index (χ0v) is 20.7. The third kappa shape index (κ3) is 4.62. The number of aromatic nitrogens is 2. The fraction of sp³-hybridized carbons (Fsp3) is 0.542. The van der Waals surface area contributed by atoms with Crippen LogP contribution in [0.1, 0.15) is 68.3 Å². The van der Waals surface area contributed by atoms with Gasteiger partial charge in [-0.2, -0.15) is 5.10 Å². The molecule has 9 nitrogen and oxygen atoms in total. The third-order valence-electron chi connectivity index (χ3n) is 7.12. The lowest BCUT2D eigenvalue weighted by molar-refractivity contribution is -0.139. The normalized spacial score (nSPS) is 20.6. The fourth-order valence-corrected chi connectivity index (χ4v) is 4.28. The second kappa shape index (κ2) is 9.17. The Morgan fingerprint density at radius 2 is 1.94 bits per heavy atom. The topological polar surface area (TPSA) is 104 Å². The Bertz CT molecular complexity index is 1080. The molecule has 4 rings (SSSR count). The van der Waals surface area contributed by atoms with Crippen molar-refractivity contribution >= 4 is 30.1 Å². The van der Waals surface area contributed by atoms with Gasteiger partial charge in [0.15, 0.2) is 5.69 Å². The molecule has 34 heavy (non-hydrogen) atoms. The largest absolute Gasteiger partial charge is 0.495 e. The summed E-state index contributed by atoms with van der Waals surface area (Å²) in [5, 5.41) is 10.7. The predicted molar refractivity (Wildman–Crippen MR) is 129 cm³/mol. The number of rotatable bonds is 6. The number of ether oxygens (including phenoxy) is 1. The highest BCUT2D eigenvalue weighted by Gasteiger charge is 2.52. The summed E-state index contributed by atoms with van der Waals surface area (Å²) < 4.78 is 18.9. The van der Waals surface area contributed by atoms with E-state index >= 15 is 0 Å². The number of methoxy groups -OCH3 is 1. The molecular weight excluding hydrogens is 435 g/mol. The van der Waals surface area contributed by atoms with Crippen LogP contribution in [0.15, 0.2) is 24.3 Å². The number of aryl methyl sites for hydroxylation is 1. The number of amides is 1. The van der Waals surface area contributed by atoms with E-state index in [4.69, 9.17) is 14.0 Å². The molecule has 0 spiro atoms. The van der Waals surface area contributed by atoms with Gasteiger partial charge in [0, 0.05) is 18.3 Å². The molecule has 1 aromatic carbocycles. The van der Waals surface area contributed by atoms with Gasteiger partial charge >= 0.3 is 13.1 Å². The third-order valence-corrected chi connectivity index (χ3v) is 7.12. The minimum absolute atomic E-state index is 0.0599. The quantitative estimate of drug-likeness (QED) is 0.496. The molecule has 0 aliphatic carbocycles. The summed E-state index contributed by atoms with van der Waals surface area (Å²) in [4.78, 5) is 24.6. The van der Waals surface area contributed by atoms with E-state index in [1.807, 2.05) is 57.5 Å². The number of benzene rings is 1. The van der Waals surface area contributed by atoms with Crippen LogP contribution in [0.3, 0.4) is 0 Å². The molecule has 2 aliphatic heterocycles. The Hall–Kier alpha value is -2.69. The SMILES string of the molecule is COC(=O)CN[C@@H]1CCCn2nc(C(=O)Nc3cccc(B4OC(C)(C)C(C)(C)O4)c3C)cc21. The van der Waals surface area contributed by atoms with E-state index in [9.17, 15) is 9.59 Å². The van der Waals surface area contributed by atoms with Crippen LogP contribution in [0, 0.1) is 6.92 Å². The minimum atomic E-state index is -0.511. The summed E-state index contributed by atoms with van der Waals surface area (Å²) in [7, 11) is 0.852. The van der Waals surface area contributed by atoms with Gasteiger partial charge in [-0.25, -0.2) is 0 Å². The van der Waals surface area contributed by atoms with Gasteiger partial charge in [-0.1, -0.05) is 12.1 Å². The molecule has 1 amide bonds. The molecular formula is C24H33BN4O5. The first-order valence-electron chi connectivity index (χ1n) is 11.7. The highest BCUT2D eigenvalue weighted by Crippen LogP contribution is 2.37. The second-order valence-electron chi connectivity index (χ2n) is 9.89. The second-order valence-corrected chi connectivity index (χ2v) is 9.89.